The van der Waals surface area contributed by atoms with E-state index in [-0.39, 0.29) is 11.9 Å². The molecule has 1 unspecified atom stereocenters. The third-order valence-corrected chi connectivity index (χ3v) is 4.41. The lowest BCUT2D eigenvalue weighted by Gasteiger charge is -2.17. The Morgan fingerprint density at radius 3 is 2.42 bits per heavy atom. The zero-order chi connectivity index (χ0) is 18.7. The molecule has 2 aromatic carbocycles. The van der Waals surface area contributed by atoms with E-state index < -0.39 is 5.91 Å². The highest BCUT2D eigenvalue weighted by molar-refractivity contribution is 5.93. The Hall–Kier alpha value is -2.99. The molecule has 3 rings (SSSR count). The molecule has 1 amide bonds. The normalized spacial score (nSPS) is 12.0. The zero-order valence-electron chi connectivity index (χ0n) is 14.6. The number of benzene rings is 2. The largest absolute Gasteiger partial charge is 0.288 e. The van der Waals surface area contributed by atoms with Gasteiger partial charge in [-0.3, -0.25) is 14.7 Å². The van der Waals surface area contributed by atoms with Crippen molar-refractivity contribution in [3.63, 3.8) is 0 Å². The molecule has 3 aromatic rings. The average Bonchev–Trinajstić information content (AvgIpc) is 3.12. The molecule has 0 saturated carbocycles. The van der Waals surface area contributed by atoms with Crippen LogP contribution < -0.4 is 5.48 Å². The topological polar surface area (TPSA) is 67.2 Å². The fourth-order valence-electron chi connectivity index (χ4n) is 2.87. The minimum absolute atomic E-state index is 0.0819. The molecule has 0 aliphatic carbocycles. The monoisotopic (exact) mass is 353 g/mol. The lowest BCUT2D eigenvalue weighted by molar-refractivity contribution is 0.0706. The minimum Gasteiger partial charge on any atom is -0.288 e. The van der Waals surface area contributed by atoms with Crippen LogP contribution >= 0.6 is 0 Å². The number of rotatable bonds is 5. The average molecular weight is 353 g/mol. The van der Waals surface area contributed by atoms with Crippen molar-refractivity contribution in [2.24, 2.45) is 0 Å². The van der Waals surface area contributed by atoms with Gasteiger partial charge in [0, 0.05) is 11.1 Å². The van der Waals surface area contributed by atoms with Gasteiger partial charge in [-0.2, -0.15) is 5.10 Å². The second-order valence-electron chi connectivity index (χ2n) is 6.06. The van der Waals surface area contributed by atoms with Gasteiger partial charge in [-0.25, -0.2) is 9.87 Å². The first kappa shape index (κ1) is 17.8. The maximum atomic E-state index is 13.3. The number of hydroxylamine groups is 1. The number of aryl methyl sites for hydroxylation is 1. The highest BCUT2D eigenvalue weighted by Crippen LogP contribution is 2.28. The summed E-state index contributed by atoms with van der Waals surface area (Å²) < 4.78 is 15.2. The minimum atomic E-state index is -0.552. The second kappa shape index (κ2) is 7.49. The van der Waals surface area contributed by atoms with Crippen LogP contribution in [0.5, 0.6) is 0 Å². The van der Waals surface area contributed by atoms with Crippen molar-refractivity contribution >= 4 is 5.91 Å². The van der Waals surface area contributed by atoms with Gasteiger partial charge in [-0.05, 0) is 61.4 Å². The number of hydrogen-bond donors (Lipinski definition) is 2. The van der Waals surface area contributed by atoms with E-state index in [1.807, 2.05) is 36.7 Å². The number of nitrogens with one attached hydrogen (secondary N) is 1. The first-order valence-electron chi connectivity index (χ1n) is 8.42. The van der Waals surface area contributed by atoms with E-state index in [0.29, 0.717) is 5.56 Å². The summed E-state index contributed by atoms with van der Waals surface area (Å²) in [5.41, 5.74) is 5.71. The van der Waals surface area contributed by atoms with E-state index in [1.54, 1.807) is 29.7 Å². The second-order valence-corrected chi connectivity index (χ2v) is 6.06. The predicted octanol–water partition coefficient (Wildman–Crippen LogP) is 3.98. The van der Waals surface area contributed by atoms with Crippen LogP contribution in [0.1, 0.15) is 41.5 Å². The van der Waals surface area contributed by atoms with Crippen LogP contribution in [0, 0.1) is 5.82 Å². The molecule has 2 N–H and O–H groups in total. The number of halogens is 1. The van der Waals surface area contributed by atoms with Gasteiger partial charge in [0.15, 0.2) is 0 Å². The molecule has 134 valence electrons. The smallest absolute Gasteiger partial charge is 0.274 e. The Kier molecular flexibility index (Phi) is 5.14. The fourth-order valence-corrected chi connectivity index (χ4v) is 2.87. The lowest BCUT2D eigenvalue weighted by atomic mass is 10.0. The summed E-state index contributed by atoms with van der Waals surface area (Å²) in [6.45, 7) is 4.05. The van der Waals surface area contributed by atoms with Crippen molar-refractivity contribution in [2.75, 3.05) is 0 Å². The van der Waals surface area contributed by atoms with Gasteiger partial charge >= 0.3 is 0 Å². The number of carbonyl (C=O) groups excluding carboxylic acids is 1. The van der Waals surface area contributed by atoms with Gasteiger partial charge in [0.25, 0.3) is 5.91 Å². The van der Waals surface area contributed by atoms with Crippen molar-refractivity contribution in [1.29, 1.82) is 0 Å². The van der Waals surface area contributed by atoms with Crippen molar-refractivity contribution in [1.82, 2.24) is 15.3 Å². The summed E-state index contributed by atoms with van der Waals surface area (Å²) in [6, 6.07) is 15.2. The van der Waals surface area contributed by atoms with Crippen LogP contribution in [0.2, 0.25) is 0 Å². The third kappa shape index (κ3) is 3.50. The molecule has 6 heteroatoms. The predicted molar refractivity (Wildman–Crippen MR) is 96.5 cm³/mol. The fraction of sp³-hybridized carbons (Fsp3) is 0.200. The first-order valence-corrected chi connectivity index (χ1v) is 8.42. The molecule has 1 heterocycles. The Bertz CT molecular complexity index is 902. The molecule has 0 radical (unpaired) electrons. The van der Waals surface area contributed by atoms with Crippen LogP contribution in [0.25, 0.3) is 11.3 Å². The van der Waals surface area contributed by atoms with Crippen molar-refractivity contribution < 1.29 is 14.4 Å². The van der Waals surface area contributed by atoms with E-state index in [2.05, 4.69) is 5.10 Å². The molecule has 5 nitrogen and oxygen atoms in total. The SMILES string of the molecule is CCc1cc(-c2ccc(F)cc2)n(C(C)c2ccc(C(=O)NO)cc2)n1. The number of nitrogens with zero attached hydrogens (tertiary/aromatic N) is 2. The third-order valence-electron chi connectivity index (χ3n) is 4.41. The highest BCUT2D eigenvalue weighted by Gasteiger charge is 2.17. The number of aromatic nitrogens is 2. The summed E-state index contributed by atoms with van der Waals surface area (Å²) in [5, 5.41) is 13.4. The molecule has 1 atom stereocenters. The van der Waals surface area contributed by atoms with Crippen LogP contribution in [-0.4, -0.2) is 20.9 Å². The Morgan fingerprint density at radius 2 is 1.85 bits per heavy atom. The van der Waals surface area contributed by atoms with E-state index >= 15 is 0 Å². The van der Waals surface area contributed by atoms with E-state index in [0.717, 1.165) is 28.9 Å². The summed E-state index contributed by atoms with van der Waals surface area (Å²) in [7, 11) is 0. The van der Waals surface area contributed by atoms with Gasteiger partial charge in [-0.15, -0.1) is 0 Å². The van der Waals surface area contributed by atoms with Crippen LogP contribution in [0.15, 0.2) is 54.6 Å². The van der Waals surface area contributed by atoms with Gasteiger partial charge < -0.3 is 0 Å². The maximum absolute atomic E-state index is 13.3. The quantitative estimate of drug-likeness (QED) is 0.538. The number of hydrogen-bond acceptors (Lipinski definition) is 3. The van der Waals surface area contributed by atoms with Gasteiger partial charge in [0.1, 0.15) is 5.82 Å². The van der Waals surface area contributed by atoms with Crippen molar-refractivity contribution in [3.8, 4) is 11.3 Å². The molecule has 0 aliphatic rings. The summed E-state index contributed by atoms with van der Waals surface area (Å²) >= 11 is 0. The molecule has 0 spiro atoms. The molecular formula is C20H20FN3O2. The highest BCUT2D eigenvalue weighted by atomic mass is 19.1. The van der Waals surface area contributed by atoms with Crippen LogP contribution in [-0.2, 0) is 6.42 Å². The standard InChI is InChI=1S/C20H20FN3O2/c1-3-18-12-19(15-8-10-17(21)11-9-15)24(22-18)13(2)14-4-6-16(7-5-14)20(25)23-26/h4-13,26H,3H2,1-2H3,(H,23,25). The number of amides is 1. The zero-order valence-corrected chi connectivity index (χ0v) is 14.6. The molecule has 0 aliphatic heterocycles. The molecule has 0 bridgehead atoms. The molecule has 26 heavy (non-hydrogen) atoms. The Labute approximate surface area is 151 Å². The van der Waals surface area contributed by atoms with Gasteiger partial charge in [-0.1, -0.05) is 19.1 Å². The summed E-state index contributed by atoms with van der Waals surface area (Å²) in [6.07, 6.45) is 0.795. The van der Waals surface area contributed by atoms with E-state index in [9.17, 15) is 9.18 Å². The van der Waals surface area contributed by atoms with Gasteiger partial charge in [0.05, 0.1) is 17.4 Å². The Balaban J connectivity index is 1.98. The van der Waals surface area contributed by atoms with Crippen molar-refractivity contribution in [3.05, 3.63) is 77.2 Å². The van der Waals surface area contributed by atoms with Crippen LogP contribution in [0.4, 0.5) is 4.39 Å². The maximum Gasteiger partial charge on any atom is 0.274 e. The molecular weight excluding hydrogens is 333 g/mol. The summed E-state index contributed by atoms with van der Waals surface area (Å²) in [5.74, 6) is -0.829. The lowest BCUT2D eigenvalue weighted by Crippen LogP contribution is -2.18. The number of carbonyl (C=O) groups is 1. The molecule has 0 saturated heterocycles. The van der Waals surface area contributed by atoms with Gasteiger partial charge in [0.2, 0.25) is 0 Å². The Morgan fingerprint density at radius 1 is 1.19 bits per heavy atom. The molecule has 1 aromatic heterocycles. The van der Waals surface area contributed by atoms with E-state index in [1.165, 1.54) is 12.1 Å². The van der Waals surface area contributed by atoms with Crippen LogP contribution in [0.3, 0.4) is 0 Å². The first-order chi connectivity index (χ1) is 12.5. The molecule has 0 fully saturated rings. The van der Waals surface area contributed by atoms with Crippen molar-refractivity contribution in [2.45, 2.75) is 26.3 Å². The van der Waals surface area contributed by atoms with E-state index in [4.69, 9.17) is 5.21 Å². The summed E-state index contributed by atoms with van der Waals surface area (Å²) in [4.78, 5) is 11.5.